The molecule has 0 spiro atoms. The largest absolute Gasteiger partial charge is 0.368 e. The van der Waals surface area contributed by atoms with E-state index in [1.54, 1.807) is 24.8 Å². The molecule has 0 amide bonds. The highest BCUT2D eigenvalue weighted by atomic mass is 15.0. The molecule has 2 aromatic carbocycles. The quantitative estimate of drug-likeness (QED) is 0.531. The van der Waals surface area contributed by atoms with E-state index in [0.29, 0.717) is 23.7 Å². The van der Waals surface area contributed by atoms with Gasteiger partial charge in [0, 0.05) is 35.9 Å². The molecule has 0 saturated heterocycles. The molecule has 4 N–H and O–H groups in total. The Kier molecular flexibility index (Phi) is 4.59. The van der Waals surface area contributed by atoms with Crippen LogP contribution in [0.4, 0.5) is 11.9 Å². The van der Waals surface area contributed by atoms with Gasteiger partial charge in [-0.3, -0.25) is 0 Å². The molecule has 5 rings (SSSR count). The molecule has 1 aliphatic carbocycles. The molecule has 6 nitrogen and oxygen atoms in total. The van der Waals surface area contributed by atoms with Gasteiger partial charge in [0.15, 0.2) is 0 Å². The molecule has 2 aromatic heterocycles. The Morgan fingerprint density at radius 1 is 0.500 bits per heavy atom. The van der Waals surface area contributed by atoms with Crippen molar-refractivity contribution in [3.05, 3.63) is 84.4 Å². The van der Waals surface area contributed by atoms with Crippen LogP contribution >= 0.6 is 0 Å². The van der Waals surface area contributed by atoms with Crippen LogP contribution in [-0.4, -0.2) is 19.9 Å². The summed E-state index contributed by atoms with van der Waals surface area (Å²) in [4.78, 5) is 16.3. The maximum atomic E-state index is 5.58. The van der Waals surface area contributed by atoms with Gasteiger partial charge in [-0.05, 0) is 46.9 Å². The van der Waals surface area contributed by atoms with Gasteiger partial charge >= 0.3 is 0 Å². The maximum absolute atomic E-state index is 5.58. The van der Waals surface area contributed by atoms with Crippen LogP contribution in [-0.2, 0) is 0 Å². The molecule has 0 radical (unpaired) electrons. The number of rotatable bonds is 4. The van der Waals surface area contributed by atoms with Crippen molar-refractivity contribution in [3.8, 4) is 22.3 Å². The van der Waals surface area contributed by atoms with Crippen molar-refractivity contribution in [2.75, 3.05) is 11.5 Å². The highest BCUT2D eigenvalue weighted by molar-refractivity contribution is 5.63. The first-order chi connectivity index (χ1) is 14.7. The van der Waals surface area contributed by atoms with Gasteiger partial charge in [0.2, 0.25) is 11.9 Å². The Morgan fingerprint density at radius 3 is 1.13 bits per heavy atom. The smallest absolute Gasteiger partial charge is 0.219 e. The number of nitrogens with two attached hydrogens (primary N) is 2. The number of nitrogen functional groups attached to an aromatic ring is 2. The fourth-order valence-electron chi connectivity index (χ4n) is 4.12. The molecule has 1 aliphatic rings. The first-order valence-electron chi connectivity index (χ1n) is 10.0. The molecule has 6 heteroatoms. The van der Waals surface area contributed by atoms with Crippen molar-refractivity contribution in [2.24, 2.45) is 0 Å². The van der Waals surface area contributed by atoms with E-state index in [9.17, 15) is 0 Å². The zero-order valence-corrected chi connectivity index (χ0v) is 16.4. The standard InChI is InChI=1S/C24H22N6/c25-23-27-11-19(12-28-23)15-1-5-17(6-2-15)21-9-10-22(21)18-7-3-16(4-8-18)20-13-29-24(26)30-14-20/h1-8,11-14,21-22H,9-10H2,(H2,25,27,28)(H2,26,29,30). The number of nitrogens with zero attached hydrogens (tertiary/aromatic N) is 4. The summed E-state index contributed by atoms with van der Waals surface area (Å²) >= 11 is 0. The van der Waals surface area contributed by atoms with Gasteiger partial charge in [0.1, 0.15) is 0 Å². The Hall–Kier alpha value is -3.80. The lowest BCUT2D eigenvalue weighted by molar-refractivity contribution is 0.346. The van der Waals surface area contributed by atoms with Crippen LogP contribution in [0.1, 0.15) is 35.8 Å². The van der Waals surface area contributed by atoms with Crippen LogP contribution in [0, 0.1) is 0 Å². The monoisotopic (exact) mass is 394 g/mol. The third-order valence-corrected chi connectivity index (χ3v) is 5.96. The van der Waals surface area contributed by atoms with Crippen LogP contribution in [0.5, 0.6) is 0 Å². The third kappa shape index (κ3) is 3.48. The van der Waals surface area contributed by atoms with Crippen molar-refractivity contribution in [1.29, 1.82) is 0 Å². The molecule has 0 bridgehead atoms. The SMILES string of the molecule is Nc1ncc(-c2ccc(C3CCC3c3ccc(-c4cnc(N)nc4)cc3)cc2)cn1. The van der Waals surface area contributed by atoms with Gasteiger partial charge in [0.25, 0.3) is 0 Å². The fourth-order valence-corrected chi connectivity index (χ4v) is 4.12. The number of hydrogen-bond acceptors (Lipinski definition) is 6. The van der Waals surface area contributed by atoms with Gasteiger partial charge in [-0.25, -0.2) is 19.9 Å². The maximum Gasteiger partial charge on any atom is 0.219 e. The van der Waals surface area contributed by atoms with Crippen LogP contribution in [0.15, 0.2) is 73.3 Å². The highest BCUT2D eigenvalue weighted by Gasteiger charge is 2.33. The number of aromatic nitrogens is 4. The normalized spacial score (nSPS) is 18.0. The molecule has 2 unspecified atom stereocenters. The van der Waals surface area contributed by atoms with E-state index in [1.165, 1.54) is 24.0 Å². The summed E-state index contributed by atoms with van der Waals surface area (Å²) in [5.41, 5.74) is 18.1. The van der Waals surface area contributed by atoms with Crippen LogP contribution in [0.3, 0.4) is 0 Å². The van der Waals surface area contributed by atoms with Crippen molar-refractivity contribution >= 4 is 11.9 Å². The summed E-state index contributed by atoms with van der Waals surface area (Å²) in [6.07, 6.45) is 9.47. The third-order valence-electron chi connectivity index (χ3n) is 5.96. The van der Waals surface area contributed by atoms with Crippen LogP contribution in [0.25, 0.3) is 22.3 Å². The predicted octanol–water partition coefficient (Wildman–Crippen LogP) is 4.43. The molecular weight excluding hydrogens is 372 g/mol. The summed E-state index contributed by atoms with van der Waals surface area (Å²) in [6, 6.07) is 17.5. The Balaban J connectivity index is 1.32. The van der Waals surface area contributed by atoms with Gasteiger partial charge in [0.05, 0.1) is 0 Å². The summed E-state index contributed by atoms with van der Waals surface area (Å²) in [5, 5.41) is 0. The van der Waals surface area contributed by atoms with Crippen molar-refractivity contribution < 1.29 is 0 Å². The second-order valence-corrected chi connectivity index (χ2v) is 7.69. The van der Waals surface area contributed by atoms with Gasteiger partial charge in [-0.1, -0.05) is 48.5 Å². The zero-order valence-electron chi connectivity index (χ0n) is 16.4. The molecule has 2 heterocycles. The average Bonchev–Trinajstić information content (AvgIpc) is 2.75. The topological polar surface area (TPSA) is 104 Å². The minimum atomic E-state index is 0.294. The summed E-state index contributed by atoms with van der Waals surface area (Å²) in [7, 11) is 0. The summed E-state index contributed by atoms with van der Waals surface area (Å²) in [6.45, 7) is 0. The number of anilines is 2. The van der Waals surface area contributed by atoms with E-state index < -0.39 is 0 Å². The van der Waals surface area contributed by atoms with E-state index in [-0.39, 0.29) is 0 Å². The lowest BCUT2D eigenvalue weighted by Crippen LogP contribution is -2.21. The number of benzene rings is 2. The second-order valence-electron chi connectivity index (χ2n) is 7.69. The molecule has 4 aromatic rings. The molecular formula is C24H22N6. The minimum Gasteiger partial charge on any atom is -0.368 e. The average molecular weight is 394 g/mol. The first-order valence-corrected chi connectivity index (χ1v) is 10.0. The second kappa shape index (κ2) is 7.55. The summed E-state index contributed by atoms with van der Waals surface area (Å²) < 4.78 is 0. The lowest BCUT2D eigenvalue weighted by Gasteiger charge is -2.37. The Labute approximate surface area is 175 Å². The first kappa shape index (κ1) is 18.2. The van der Waals surface area contributed by atoms with Crippen LogP contribution < -0.4 is 11.5 Å². The zero-order chi connectivity index (χ0) is 20.5. The fraction of sp³-hybridized carbons (Fsp3) is 0.167. The van der Waals surface area contributed by atoms with Crippen molar-refractivity contribution in [3.63, 3.8) is 0 Å². The molecule has 1 saturated carbocycles. The van der Waals surface area contributed by atoms with Crippen molar-refractivity contribution in [1.82, 2.24) is 19.9 Å². The van der Waals surface area contributed by atoms with E-state index in [2.05, 4.69) is 68.5 Å². The number of hydrogen-bond donors (Lipinski definition) is 2. The lowest BCUT2D eigenvalue weighted by atomic mass is 9.67. The molecule has 148 valence electrons. The molecule has 1 fully saturated rings. The summed E-state index contributed by atoms with van der Waals surface area (Å²) in [5.74, 6) is 1.69. The predicted molar refractivity (Wildman–Crippen MR) is 118 cm³/mol. The molecule has 30 heavy (non-hydrogen) atoms. The van der Waals surface area contributed by atoms with Gasteiger partial charge in [-0.15, -0.1) is 0 Å². The Morgan fingerprint density at radius 2 is 0.833 bits per heavy atom. The molecule has 0 aliphatic heterocycles. The van der Waals surface area contributed by atoms with E-state index in [0.717, 1.165) is 22.3 Å². The molecule has 2 atom stereocenters. The van der Waals surface area contributed by atoms with E-state index in [1.807, 2.05) is 0 Å². The van der Waals surface area contributed by atoms with E-state index >= 15 is 0 Å². The van der Waals surface area contributed by atoms with Crippen molar-refractivity contribution in [2.45, 2.75) is 24.7 Å². The van der Waals surface area contributed by atoms with Crippen LogP contribution in [0.2, 0.25) is 0 Å². The highest BCUT2D eigenvalue weighted by Crippen LogP contribution is 2.49. The minimum absolute atomic E-state index is 0.294. The van der Waals surface area contributed by atoms with E-state index in [4.69, 9.17) is 11.5 Å². The van der Waals surface area contributed by atoms with Gasteiger partial charge in [-0.2, -0.15) is 0 Å². The Bertz CT molecular complexity index is 1040. The van der Waals surface area contributed by atoms with Gasteiger partial charge < -0.3 is 11.5 Å².